The predicted octanol–water partition coefficient (Wildman–Crippen LogP) is 9.23. The fraction of sp³-hybridized carbons (Fsp3) is 0.778. The van der Waals surface area contributed by atoms with E-state index in [1.807, 2.05) is 0 Å². The molecule has 0 saturated heterocycles. The second kappa shape index (κ2) is 13.1. The number of hydrogen-bond acceptors (Lipinski definition) is 1. The Bertz CT molecular complexity index is 701. The maximum absolute atomic E-state index is 14.3. The van der Waals surface area contributed by atoms with Crippen molar-refractivity contribution in [3.05, 3.63) is 34.6 Å². The van der Waals surface area contributed by atoms with Crippen molar-refractivity contribution in [2.24, 2.45) is 11.8 Å². The SMILES string of the molecule is CCCCCCCCC(C1CCC(c2c(F)c(F)c(F)c(F)c2F)CC1)C(CC)(CC)OC. The standard InChI is InChI=1S/C27H41F5O/c1-5-8-9-10-11-12-13-20(27(6-2,7-3)33-4)18-14-16-19(17-15-18)21-22(28)24(30)26(32)25(31)23(21)29/h18-20H,5-17H2,1-4H3. The Morgan fingerprint density at radius 3 is 1.70 bits per heavy atom. The van der Waals surface area contributed by atoms with Gasteiger partial charge in [-0.2, -0.15) is 0 Å². The zero-order chi connectivity index (χ0) is 24.6. The molecule has 0 spiro atoms. The number of hydrogen-bond donors (Lipinski definition) is 0. The minimum Gasteiger partial charge on any atom is -0.378 e. The van der Waals surface area contributed by atoms with Gasteiger partial charge in [-0.15, -0.1) is 0 Å². The summed E-state index contributed by atoms with van der Waals surface area (Å²) < 4.78 is 75.7. The molecule has 6 heteroatoms. The van der Waals surface area contributed by atoms with E-state index in [1.165, 1.54) is 32.1 Å². The molecule has 0 heterocycles. The third kappa shape index (κ3) is 6.29. The topological polar surface area (TPSA) is 9.23 Å². The Balaban J connectivity index is 2.14. The van der Waals surface area contributed by atoms with Gasteiger partial charge in [-0.05, 0) is 62.7 Å². The van der Waals surface area contributed by atoms with E-state index in [9.17, 15) is 22.0 Å². The van der Waals surface area contributed by atoms with Crippen molar-refractivity contribution in [1.82, 2.24) is 0 Å². The number of halogens is 5. The molecule has 0 amide bonds. The van der Waals surface area contributed by atoms with E-state index in [0.717, 1.165) is 25.7 Å². The van der Waals surface area contributed by atoms with Crippen molar-refractivity contribution in [3.8, 4) is 0 Å². The highest BCUT2D eigenvalue weighted by atomic mass is 19.2. The summed E-state index contributed by atoms with van der Waals surface area (Å²) in [4.78, 5) is 0. The lowest BCUT2D eigenvalue weighted by Crippen LogP contribution is -2.44. The maximum Gasteiger partial charge on any atom is 0.200 e. The van der Waals surface area contributed by atoms with Gasteiger partial charge in [0.15, 0.2) is 23.3 Å². The molecule has 1 nitrogen and oxygen atoms in total. The molecule has 0 N–H and O–H groups in total. The van der Waals surface area contributed by atoms with Crippen LogP contribution in [0.3, 0.4) is 0 Å². The van der Waals surface area contributed by atoms with E-state index in [2.05, 4.69) is 20.8 Å². The Hall–Kier alpha value is -1.17. The first-order valence-electron chi connectivity index (χ1n) is 12.8. The molecule has 0 bridgehead atoms. The second-order valence-corrected chi connectivity index (χ2v) is 9.73. The monoisotopic (exact) mass is 476 g/mol. The summed E-state index contributed by atoms with van der Waals surface area (Å²) in [5.74, 6) is -9.14. The molecule has 2 rings (SSSR count). The van der Waals surface area contributed by atoms with Crippen LogP contribution in [-0.4, -0.2) is 12.7 Å². The Kier molecular flexibility index (Phi) is 11.1. The van der Waals surface area contributed by atoms with Gasteiger partial charge in [0.05, 0.1) is 5.60 Å². The van der Waals surface area contributed by atoms with E-state index >= 15 is 0 Å². The summed E-state index contributed by atoms with van der Waals surface area (Å²) in [6.07, 6.45) is 12.3. The van der Waals surface area contributed by atoms with Gasteiger partial charge in [0.2, 0.25) is 5.82 Å². The molecule has 1 aliphatic rings. The molecule has 1 aliphatic carbocycles. The van der Waals surface area contributed by atoms with Crippen LogP contribution >= 0.6 is 0 Å². The molecule has 1 fully saturated rings. The molecule has 0 aromatic heterocycles. The van der Waals surface area contributed by atoms with Gasteiger partial charge in [-0.25, -0.2) is 22.0 Å². The average Bonchev–Trinajstić information content (AvgIpc) is 2.84. The third-order valence-corrected chi connectivity index (χ3v) is 8.14. The molecular formula is C27H41F5O. The van der Waals surface area contributed by atoms with Crippen LogP contribution in [0.15, 0.2) is 0 Å². The lowest BCUT2D eigenvalue weighted by atomic mass is 9.65. The summed E-state index contributed by atoms with van der Waals surface area (Å²) in [6.45, 7) is 6.48. The zero-order valence-corrected chi connectivity index (χ0v) is 20.7. The first-order chi connectivity index (χ1) is 15.8. The van der Waals surface area contributed by atoms with Crippen LogP contribution in [0.25, 0.3) is 0 Å². The zero-order valence-electron chi connectivity index (χ0n) is 20.7. The van der Waals surface area contributed by atoms with Crippen LogP contribution in [0.4, 0.5) is 22.0 Å². The first-order valence-corrected chi connectivity index (χ1v) is 12.8. The van der Waals surface area contributed by atoms with Crippen molar-refractivity contribution < 1.29 is 26.7 Å². The lowest BCUT2D eigenvalue weighted by molar-refractivity contribution is -0.0923. The summed E-state index contributed by atoms with van der Waals surface area (Å²) in [5.41, 5.74) is -0.882. The van der Waals surface area contributed by atoms with Gasteiger partial charge in [0.25, 0.3) is 0 Å². The smallest absolute Gasteiger partial charge is 0.200 e. The number of benzene rings is 1. The van der Waals surface area contributed by atoms with E-state index in [0.29, 0.717) is 37.5 Å². The van der Waals surface area contributed by atoms with Crippen LogP contribution in [0.1, 0.15) is 116 Å². The number of ether oxygens (including phenoxy) is 1. The first kappa shape index (κ1) is 28.1. The van der Waals surface area contributed by atoms with Crippen molar-refractivity contribution in [2.75, 3.05) is 7.11 Å². The van der Waals surface area contributed by atoms with Crippen LogP contribution in [0.2, 0.25) is 0 Å². The molecule has 1 unspecified atom stereocenters. The van der Waals surface area contributed by atoms with Gasteiger partial charge in [0.1, 0.15) is 0 Å². The van der Waals surface area contributed by atoms with Crippen LogP contribution < -0.4 is 0 Å². The highest BCUT2D eigenvalue weighted by Gasteiger charge is 2.42. The van der Waals surface area contributed by atoms with Crippen molar-refractivity contribution in [1.29, 1.82) is 0 Å². The van der Waals surface area contributed by atoms with Gasteiger partial charge in [-0.3, -0.25) is 0 Å². The molecule has 33 heavy (non-hydrogen) atoms. The minimum atomic E-state index is -2.09. The summed E-state index contributed by atoms with van der Waals surface area (Å²) in [6, 6.07) is 0. The summed E-state index contributed by atoms with van der Waals surface area (Å²) >= 11 is 0. The van der Waals surface area contributed by atoms with Crippen molar-refractivity contribution in [2.45, 2.75) is 116 Å². The third-order valence-electron chi connectivity index (χ3n) is 8.14. The number of rotatable bonds is 13. The molecular weight excluding hydrogens is 435 g/mol. The molecule has 0 aliphatic heterocycles. The van der Waals surface area contributed by atoms with Crippen LogP contribution in [0, 0.1) is 40.9 Å². The molecule has 1 aromatic rings. The van der Waals surface area contributed by atoms with Crippen molar-refractivity contribution in [3.63, 3.8) is 0 Å². The van der Waals surface area contributed by atoms with E-state index in [1.54, 1.807) is 7.11 Å². The predicted molar refractivity (Wildman–Crippen MR) is 123 cm³/mol. The Morgan fingerprint density at radius 1 is 0.727 bits per heavy atom. The summed E-state index contributed by atoms with van der Waals surface area (Å²) in [7, 11) is 1.77. The summed E-state index contributed by atoms with van der Waals surface area (Å²) in [5, 5.41) is 0. The van der Waals surface area contributed by atoms with E-state index in [4.69, 9.17) is 4.74 Å². The van der Waals surface area contributed by atoms with Crippen molar-refractivity contribution >= 4 is 0 Å². The molecule has 1 atom stereocenters. The minimum absolute atomic E-state index is 0.245. The molecule has 190 valence electrons. The highest BCUT2D eigenvalue weighted by Crippen LogP contribution is 2.47. The van der Waals surface area contributed by atoms with Crippen LogP contribution in [0.5, 0.6) is 0 Å². The average molecular weight is 477 g/mol. The van der Waals surface area contributed by atoms with Crippen LogP contribution in [-0.2, 0) is 4.74 Å². The van der Waals surface area contributed by atoms with E-state index in [-0.39, 0.29) is 5.60 Å². The fourth-order valence-corrected chi connectivity index (χ4v) is 6.08. The largest absolute Gasteiger partial charge is 0.378 e. The molecule has 1 saturated carbocycles. The number of unbranched alkanes of at least 4 members (excludes halogenated alkanes) is 5. The van der Waals surface area contributed by atoms with Gasteiger partial charge >= 0.3 is 0 Å². The van der Waals surface area contributed by atoms with Gasteiger partial charge < -0.3 is 4.74 Å². The number of methoxy groups -OCH3 is 1. The van der Waals surface area contributed by atoms with Gasteiger partial charge in [-0.1, -0.05) is 59.3 Å². The quantitative estimate of drug-likeness (QED) is 0.119. The molecule has 0 radical (unpaired) electrons. The second-order valence-electron chi connectivity index (χ2n) is 9.73. The fourth-order valence-electron chi connectivity index (χ4n) is 6.08. The highest BCUT2D eigenvalue weighted by molar-refractivity contribution is 5.28. The normalized spacial score (nSPS) is 20.3. The Morgan fingerprint density at radius 2 is 1.21 bits per heavy atom. The maximum atomic E-state index is 14.3. The lowest BCUT2D eigenvalue weighted by Gasteiger charge is -2.45. The molecule has 1 aromatic carbocycles. The van der Waals surface area contributed by atoms with Gasteiger partial charge in [0, 0.05) is 12.7 Å². The van der Waals surface area contributed by atoms with E-state index < -0.39 is 40.6 Å². The Labute approximate surface area is 196 Å².